The molecule has 0 aliphatic rings. The zero-order valence-corrected chi connectivity index (χ0v) is 17.9. The summed E-state index contributed by atoms with van der Waals surface area (Å²) in [5.74, 6) is 0. The fourth-order valence-electron chi connectivity index (χ4n) is 2.13. The Morgan fingerprint density at radius 3 is 2.60 bits per heavy atom. The third kappa shape index (κ3) is 5.95. The zero-order chi connectivity index (χ0) is 18.7. The average molecular weight is 380 g/mol. The molecule has 0 saturated heterocycles. The van der Waals surface area contributed by atoms with E-state index in [2.05, 4.69) is 29.1 Å². The number of ether oxygens (including phenoxy) is 1. The van der Waals surface area contributed by atoms with Crippen LogP contribution in [0.25, 0.3) is 10.9 Å². The number of hydrogen-bond donors (Lipinski definition) is 0. The molecule has 0 spiro atoms. The van der Waals surface area contributed by atoms with Crippen molar-refractivity contribution in [2.45, 2.75) is 57.9 Å². The summed E-state index contributed by atoms with van der Waals surface area (Å²) >= 11 is -1.29. The van der Waals surface area contributed by atoms with Crippen LogP contribution in [0.1, 0.15) is 26.5 Å². The largest absolute Gasteiger partial charge is 0.591 e. The predicted molar refractivity (Wildman–Crippen MR) is 109 cm³/mol. The van der Waals surface area contributed by atoms with E-state index in [0.29, 0.717) is 6.73 Å². The number of hydrogen-bond acceptors (Lipinski definition) is 4. The summed E-state index contributed by atoms with van der Waals surface area (Å²) in [5.41, 5.74) is 1.72. The Labute approximate surface area is 154 Å². The van der Waals surface area contributed by atoms with Gasteiger partial charge in [-0.3, -0.25) is 0 Å². The first kappa shape index (κ1) is 20.2. The molecule has 0 aliphatic heterocycles. The van der Waals surface area contributed by atoms with Crippen LogP contribution in [0.2, 0.25) is 25.7 Å². The van der Waals surface area contributed by atoms with E-state index in [-0.39, 0.29) is 4.75 Å². The van der Waals surface area contributed by atoms with Gasteiger partial charge in [-0.05, 0) is 32.9 Å². The van der Waals surface area contributed by atoms with Gasteiger partial charge in [0.15, 0.2) is 0 Å². The number of fused-ring (bicyclic) bond motifs is 1. The second-order valence-corrected chi connectivity index (χ2v) is 15.9. The first-order valence-electron chi connectivity index (χ1n) is 8.57. The molecule has 2 aromatic rings. The summed E-state index contributed by atoms with van der Waals surface area (Å²) in [7, 11) is -1.10. The number of aromatic nitrogens is 2. The van der Waals surface area contributed by atoms with Crippen LogP contribution in [0.5, 0.6) is 0 Å². The van der Waals surface area contributed by atoms with E-state index >= 15 is 0 Å². The van der Waals surface area contributed by atoms with Gasteiger partial charge >= 0.3 is 0 Å². The van der Waals surface area contributed by atoms with Gasteiger partial charge in [0.2, 0.25) is 0 Å². The second-order valence-electron chi connectivity index (χ2n) is 8.35. The molecule has 5 nitrogen and oxygen atoms in total. The lowest BCUT2D eigenvalue weighted by molar-refractivity contribution is 0.0816. The van der Waals surface area contributed by atoms with Crippen LogP contribution in [0.3, 0.4) is 0 Å². The van der Waals surface area contributed by atoms with E-state index in [1.54, 1.807) is 6.21 Å². The summed E-state index contributed by atoms with van der Waals surface area (Å²) in [6.07, 6.45) is 1.61. The Hall–Kier alpha value is -1.15. The molecule has 7 heteroatoms. The molecule has 2 rings (SSSR count). The summed E-state index contributed by atoms with van der Waals surface area (Å²) in [6.45, 7) is 13.9. The highest BCUT2D eigenvalue weighted by atomic mass is 32.2. The molecular formula is C18H29N3O2SSi. The van der Waals surface area contributed by atoms with E-state index in [1.807, 2.05) is 49.7 Å². The first-order chi connectivity index (χ1) is 11.6. The fraction of sp³-hybridized carbons (Fsp3) is 0.556. The van der Waals surface area contributed by atoms with Gasteiger partial charge in [0, 0.05) is 20.1 Å². The molecule has 0 N–H and O–H groups in total. The molecule has 0 radical (unpaired) electrons. The normalized spacial score (nSPS) is 14.5. The lowest BCUT2D eigenvalue weighted by atomic mass is 10.2. The predicted octanol–water partition coefficient (Wildman–Crippen LogP) is 4.23. The molecule has 1 aromatic heterocycles. The van der Waals surface area contributed by atoms with Crippen LogP contribution in [0.4, 0.5) is 0 Å². The smallest absolute Gasteiger partial charge is 0.144 e. The van der Waals surface area contributed by atoms with E-state index in [1.165, 1.54) is 0 Å². The van der Waals surface area contributed by atoms with Gasteiger partial charge in [0.05, 0.1) is 5.52 Å². The van der Waals surface area contributed by atoms with Crippen LogP contribution in [-0.4, -0.2) is 40.0 Å². The van der Waals surface area contributed by atoms with Crippen LogP contribution < -0.4 is 0 Å². The van der Waals surface area contributed by atoms with Crippen molar-refractivity contribution in [3.05, 3.63) is 30.0 Å². The third-order valence-electron chi connectivity index (χ3n) is 3.69. The minimum absolute atomic E-state index is 0.380. The molecule has 0 bridgehead atoms. The third-order valence-corrected chi connectivity index (χ3v) is 6.74. The van der Waals surface area contributed by atoms with Crippen molar-refractivity contribution in [3.63, 3.8) is 0 Å². The van der Waals surface area contributed by atoms with Gasteiger partial charge in [0.25, 0.3) is 0 Å². The molecule has 138 valence electrons. The number of para-hydroxylation sites is 1. The second kappa shape index (κ2) is 8.03. The molecule has 1 aromatic carbocycles. The quantitative estimate of drug-likeness (QED) is 0.313. The van der Waals surface area contributed by atoms with Crippen LogP contribution in [0, 0.1) is 0 Å². The monoisotopic (exact) mass is 379 g/mol. The lowest BCUT2D eigenvalue weighted by Crippen LogP contribution is -2.25. The molecular weight excluding hydrogens is 350 g/mol. The maximum atomic E-state index is 12.1. The topological polar surface area (TPSA) is 62.5 Å². The average Bonchev–Trinajstić information content (AvgIpc) is 2.85. The molecule has 1 atom stereocenters. The Morgan fingerprint density at radius 1 is 1.28 bits per heavy atom. The minimum atomic E-state index is -1.29. The SMILES string of the molecule is CC(C)(C)[S+]([O-])N=Cc1nn(COCC[Si](C)(C)C)c2ccccc12. The van der Waals surface area contributed by atoms with Gasteiger partial charge in [-0.25, -0.2) is 4.68 Å². The fourth-order valence-corrected chi connectivity index (χ4v) is 3.40. The van der Waals surface area contributed by atoms with Gasteiger partial charge < -0.3 is 9.29 Å². The maximum Gasteiger partial charge on any atom is 0.144 e. The van der Waals surface area contributed by atoms with Gasteiger partial charge in [-0.15, -0.1) is 0 Å². The summed E-state index contributed by atoms with van der Waals surface area (Å²) in [5, 5.41) is 5.59. The molecule has 1 heterocycles. The van der Waals surface area contributed by atoms with E-state index in [9.17, 15) is 4.55 Å². The molecule has 0 fully saturated rings. The van der Waals surface area contributed by atoms with Crippen LogP contribution in [0.15, 0.2) is 28.7 Å². The Kier molecular flexibility index (Phi) is 6.48. The summed E-state index contributed by atoms with van der Waals surface area (Å²) < 4.78 is 23.6. The van der Waals surface area contributed by atoms with Crippen molar-refractivity contribution in [3.8, 4) is 0 Å². The Morgan fingerprint density at radius 2 is 1.96 bits per heavy atom. The molecule has 25 heavy (non-hydrogen) atoms. The highest BCUT2D eigenvalue weighted by Gasteiger charge is 2.26. The number of nitrogens with zero attached hydrogens (tertiary/aromatic N) is 3. The van der Waals surface area contributed by atoms with Crippen molar-refractivity contribution >= 4 is 36.6 Å². The van der Waals surface area contributed by atoms with Crippen molar-refractivity contribution < 1.29 is 9.29 Å². The highest BCUT2D eigenvalue weighted by Crippen LogP contribution is 2.20. The van der Waals surface area contributed by atoms with E-state index in [0.717, 1.165) is 29.2 Å². The van der Waals surface area contributed by atoms with Gasteiger partial charge in [-0.2, -0.15) is 5.10 Å². The van der Waals surface area contributed by atoms with E-state index in [4.69, 9.17) is 4.74 Å². The van der Waals surface area contributed by atoms with Gasteiger partial charge in [-0.1, -0.05) is 42.2 Å². The molecule has 0 aliphatic carbocycles. The summed E-state index contributed by atoms with van der Waals surface area (Å²) in [6, 6.07) is 9.10. The Balaban J connectivity index is 2.16. The molecule has 0 saturated carbocycles. The highest BCUT2D eigenvalue weighted by molar-refractivity contribution is 7.91. The standard InChI is InChI=1S/C18H29N3O2SSi/c1-18(2,3)24(22)19-13-16-15-9-7-8-10-17(15)21(20-16)14-23-11-12-25(4,5)6/h7-10,13H,11-12,14H2,1-6H3. The van der Waals surface area contributed by atoms with Crippen molar-refractivity contribution in [2.75, 3.05) is 6.61 Å². The van der Waals surface area contributed by atoms with Crippen molar-refractivity contribution in [1.29, 1.82) is 0 Å². The minimum Gasteiger partial charge on any atom is -0.591 e. The first-order valence-corrected chi connectivity index (χ1v) is 13.4. The molecule has 0 amide bonds. The van der Waals surface area contributed by atoms with Crippen LogP contribution >= 0.6 is 0 Å². The number of rotatable bonds is 7. The lowest BCUT2D eigenvalue weighted by Gasteiger charge is -2.17. The van der Waals surface area contributed by atoms with Gasteiger partial charge in [0.1, 0.15) is 34.7 Å². The number of benzene rings is 1. The maximum absolute atomic E-state index is 12.1. The van der Waals surface area contributed by atoms with Crippen LogP contribution in [-0.2, 0) is 22.8 Å². The van der Waals surface area contributed by atoms with Crippen molar-refractivity contribution in [2.24, 2.45) is 4.40 Å². The summed E-state index contributed by atoms with van der Waals surface area (Å²) in [4.78, 5) is 0. The zero-order valence-electron chi connectivity index (χ0n) is 16.1. The Bertz CT molecular complexity index is 732. The molecule has 1 unspecified atom stereocenters. The van der Waals surface area contributed by atoms with E-state index < -0.39 is 19.4 Å². The van der Waals surface area contributed by atoms with Crippen molar-refractivity contribution in [1.82, 2.24) is 9.78 Å².